The Morgan fingerprint density at radius 1 is 0.692 bits per heavy atom. The van der Waals surface area contributed by atoms with Crippen molar-refractivity contribution in [1.29, 1.82) is 0 Å². The highest BCUT2D eigenvalue weighted by Gasteiger charge is 2.28. The zero-order valence-electron chi connectivity index (χ0n) is 29.6. The molecule has 2 amide bonds. The van der Waals surface area contributed by atoms with Crippen LogP contribution in [-0.4, -0.2) is 103 Å². The minimum absolute atomic E-state index is 0.0524. The van der Waals surface area contributed by atoms with E-state index in [-0.39, 0.29) is 35.5 Å². The molecule has 0 spiro atoms. The van der Waals surface area contributed by atoms with Gasteiger partial charge in [0, 0.05) is 102 Å². The summed E-state index contributed by atoms with van der Waals surface area (Å²) in [6.07, 6.45) is 19.6. The first-order chi connectivity index (χ1) is 25.3. The van der Waals surface area contributed by atoms with E-state index in [0.717, 1.165) is 71.8 Å². The van der Waals surface area contributed by atoms with Crippen LogP contribution in [0, 0.1) is 0 Å². The van der Waals surface area contributed by atoms with Crippen LogP contribution in [0.25, 0.3) is 11.0 Å². The van der Waals surface area contributed by atoms with E-state index in [1.165, 1.54) is 0 Å². The SMILES string of the molecule is CC.CN(C)c1cnc(C(=O)N[C@H]2CCN(c3nccn4cccc34)C2)nc1.O=C(N[C@H]1CCN(c2nccn3cccc23)C1)c1ncc(Br)cn1. The summed E-state index contributed by atoms with van der Waals surface area (Å²) < 4.78 is 4.84. The highest BCUT2D eigenvalue weighted by atomic mass is 79.9. The van der Waals surface area contributed by atoms with Gasteiger partial charge in [0.1, 0.15) is 0 Å². The standard InChI is InChI=1S/C18H21N7O.C16H15BrN6O.C2H6/c1-23(2)14-10-20-16(21-11-14)18(26)22-13-5-8-25(12-13)17-15-4-3-7-24(15)9-6-19-17;17-11-8-19-14(20-9-11)16(24)21-12-3-6-23(10-12)15-13-2-1-5-22(13)7-4-18-15;1-2/h3-4,6-7,9-11,13H,5,8,12H2,1-2H3,(H,22,26);1-2,4-5,7-9,12H,3,6,10H2,(H,21,24);1-2H3/t13-;12-;/m00./s1. The van der Waals surface area contributed by atoms with Crippen LogP contribution in [0.4, 0.5) is 17.3 Å². The summed E-state index contributed by atoms with van der Waals surface area (Å²) in [6, 6.07) is 8.21. The molecule has 0 aromatic carbocycles. The maximum absolute atomic E-state index is 12.4. The third-order valence-corrected chi connectivity index (χ3v) is 9.10. The minimum atomic E-state index is -0.247. The van der Waals surface area contributed by atoms with Gasteiger partial charge in [-0.3, -0.25) is 9.59 Å². The number of nitrogens with zero attached hydrogens (tertiary/aromatic N) is 11. The van der Waals surface area contributed by atoms with Crippen LogP contribution in [0.15, 0.2) is 90.7 Å². The quantitative estimate of drug-likeness (QED) is 0.241. The predicted octanol–water partition coefficient (Wildman–Crippen LogP) is 4.12. The van der Waals surface area contributed by atoms with Gasteiger partial charge in [-0.05, 0) is 53.0 Å². The van der Waals surface area contributed by atoms with Crippen molar-refractivity contribution in [2.45, 2.75) is 38.8 Å². The fourth-order valence-electron chi connectivity index (χ4n) is 6.14. The summed E-state index contributed by atoms with van der Waals surface area (Å²) in [5.74, 6) is 1.78. The molecule has 16 heteroatoms. The van der Waals surface area contributed by atoms with Crippen molar-refractivity contribution in [1.82, 2.24) is 49.3 Å². The van der Waals surface area contributed by atoms with Gasteiger partial charge < -0.3 is 34.1 Å². The number of halogens is 1. The Kier molecular flexibility index (Phi) is 11.5. The first kappa shape index (κ1) is 36.2. The van der Waals surface area contributed by atoms with Crippen LogP contribution in [0.3, 0.4) is 0 Å². The lowest BCUT2D eigenvalue weighted by molar-refractivity contribution is 0.0921. The minimum Gasteiger partial charge on any atom is -0.375 e. The number of anilines is 3. The molecule has 6 aromatic rings. The molecule has 2 saturated heterocycles. The van der Waals surface area contributed by atoms with Crippen molar-refractivity contribution < 1.29 is 9.59 Å². The van der Waals surface area contributed by atoms with E-state index in [9.17, 15) is 9.59 Å². The topological polar surface area (TPSA) is 154 Å². The second kappa shape index (κ2) is 16.6. The Bertz CT molecular complexity index is 2100. The van der Waals surface area contributed by atoms with E-state index in [1.807, 2.05) is 90.7 Å². The summed E-state index contributed by atoms with van der Waals surface area (Å²) >= 11 is 3.26. The molecule has 8 rings (SSSR count). The molecule has 2 N–H and O–H groups in total. The van der Waals surface area contributed by atoms with E-state index in [2.05, 4.69) is 66.3 Å². The summed E-state index contributed by atoms with van der Waals surface area (Å²) in [4.78, 5) is 56.4. The van der Waals surface area contributed by atoms with Crippen LogP contribution in [0.2, 0.25) is 0 Å². The van der Waals surface area contributed by atoms with Gasteiger partial charge in [0.2, 0.25) is 11.6 Å². The summed E-state index contributed by atoms with van der Waals surface area (Å²) in [5.41, 5.74) is 3.00. The van der Waals surface area contributed by atoms with E-state index in [0.29, 0.717) is 0 Å². The molecule has 15 nitrogen and oxygen atoms in total. The molecule has 0 unspecified atom stereocenters. The van der Waals surface area contributed by atoms with Gasteiger partial charge in [0.25, 0.3) is 11.8 Å². The lowest BCUT2D eigenvalue weighted by Crippen LogP contribution is -2.38. The van der Waals surface area contributed by atoms with Gasteiger partial charge in [0.15, 0.2) is 11.6 Å². The number of carbonyl (C=O) groups excluding carboxylic acids is 2. The second-order valence-corrected chi connectivity index (χ2v) is 13.2. The van der Waals surface area contributed by atoms with Crippen molar-refractivity contribution in [3.63, 3.8) is 0 Å². The van der Waals surface area contributed by atoms with Gasteiger partial charge in [-0.25, -0.2) is 29.9 Å². The number of fused-ring (bicyclic) bond motifs is 2. The fourth-order valence-corrected chi connectivity index (χ4v) is 6.34. The van der Waals surface area contributed by atoms with E-state index in [4.69, 9.17) is 0 Å². The second-order valence-electron chi connectivity index (χ2n) is 12.3. The van der Waals surface area contributed by atoms with Crippen molar-refractivity contribution >= 4 is 56.1 Å². The lowest BCUT2D eigenvalue weighted by Gasteiger charge is -2.19. The average Bonchev–Trinajstić information content (AvgIpc) is 4.01. The van der Waals surface area contributed by atoms with E-state index < -0.39 is 0 Å². The van der Waals surface area contributed by atoms with Crippen molar-refractivity contribution in [3.8, 4) is 0 Å². The maximum atomic E-state index is 12.4. The predicted molar refractivity (Wildman–Crippen MR) is 204 cm³/mol. The maximum Gasteiger partial charge on any atom is 0.289 e. The van der Waals surface area contributed by atoms with Gasteiger partial charge >= 0.3 is 0 Å². The molecule has 52 heavy (non-hydrogen) atoms. The molecule has 0 saturated carbocycles. The molecule has 0 bridgehead atoms. The fraction of sp³-hybridized carbons (Fsp3) is 0.333. The summed E-state index contributed by atoms with van der Waals surface area (Å²) in [6.45, 7) is 7.15. The normalized spacial score (nSPS) is 16.6. The molecule has 270 valence electrons. The molecule has 6 aromatic heterocycles. The molecule has 2 aliphatic rings. The number of hydrogen-bond donors (Lipinski definition) is 2. The monoisotopic (exact) mass is 767 g/mol. The van der Waals surface area contributed by atoms with Gasteiger partial charge in [-0.2, -0.15) is 0 Å². The molecular weight excluding hydrogens is 726 g/mol. The zero-order chi connectivity index (χ0) is 36.6. The summed E-state index contributed by atoms with van der Waals surface area (Å²) in [5, 5.41) is 6.03. The average molecular weight is 769 g/mol. The zero-order valence-corrected chi connectivity index (χ0v) is 31.2. The smallest absolute Gasteiger partial charge is 0.289 e. The third kappa shape index (κ3) is 8.28. The molecule has 0 radical (unpaired) electrons. The molecule has 8 heterocycles. The third-order valence-electron chi connectivity index (χ3n) is 8.69. The number of rotatable bonds is 7. The molecule has 2 aliphatic heterocycles. The Balaban J connectivity index is 0.000000171. The number of hydrogen-bond acceptors (Lipinski definition) is 11. The highest BCUT2D eigenvalue weighted by Crippen LogP contribution is 2.25. The van der Waals surface area contributed by atoms with E-state index in [1.54, 1.807) is 37.2 Å². The Morgan fingerprint density at radius 3 is 1.58 bits per heavy atom. The van der Waals surface area contributed by atoms with Gasteiger partial charge in [-0.1, -0.05) is 13.8 Å². The molecular formula is C36H42BrN13O2. The Morgan fingerprint density at radius 2 is 1.13 bits per heavy atom. The number of nitrogens with one attached hydrogen (secondary N) is 2. The van der Waals surface area contributed by atoms with Crippen LogP contribution in [0.5, 0.6) is 0 Å². The molecule has 2 atom stereocenters. The molecule has 2 fully saturated rings. The van der Waals surface area contributed by atoms with Gasteiger partial charge in [0.05, 0.1) is 33.6 Å². The van der Waals surface area contributed by atoms with Crippen molar-refractivity contribution in [2.75, 3.05) is 55.0 Å². The summed E-state index contributed by atoms with van der Waals surface area (Å²) in [7, 11) is 3.82. The lowest BCUT2D eigenvalue weighted by atomic mass is 10.2. The van der Waals surface area contributed by atoms with Crippen LogP contribution >= 0.6 is 15.9 Å². The first-order valence-corrected chi connectivity index (χ1v) is 18.0. The number of carbonyl (C=O) groups is 2. The first-order valence-electron chi connectivity index (χ1n) is 17.2. The van der Waals surface area contributed by atoms with Crippen LogP contribution < -0.4 is 25.3 Å². The number of amides is 2. The number of aromatic nitrogens is 8. The largest absolute Gasteiger partial charge is 0.375 e. The van der Waals surface area contributed by atoms with Crippen LogP contribution in [-0.2, 0) is 0 Å². The molecule has 0 aliphatic carbocycles. The van der Waals surface area contributed by atoms with E-state index >= 15 is 0 Å². The van der Waals surface area contributed by atoms with Crippen LogP contribution in [0.1, 0.15) is 47.9 Å². The Hall–Kier alpha value is -5.64. The Labute approximate surface area is 310 Å². The van der Waals surface area contributed by atoms with Crippen molar-refractivity contribution in [2.24, 2.45) is 0 Å². The van der Waals surface area contributed by atoms with Crippen molar-refractivity contribution in [3.05, 3.63) is 102 Å². The highest BCUT2D eigenvalue weighted by molar-refractivity contribution is 9.10. The van der Waals surface area contributed by atoms with Gasteiger partial charge in [-0.15, -0.1) is 0 Å².